The molecule has 1 aliphatic heterocycles. The Labute approximate surface area is 188 Å². The second-order valence-corrected chi connectivity index (χ2v) is 10.3. The van der Waals surface area contributed by atoms with Crippen LogP contribution in [0.5, 0.6) is 5.75 Å². The molecule has 1 saturated heterocycles. The van der Waals surface area contributed by atoms with Gasteiger partial charge in [0.25, 0.3) is 0 Å². The Hall–Kier alpha value is -2.36. The number of hydrogen-bond acceptors (Lipinski definition) is 6. The number of benzene rings is 2. The fourth-order valence-electron chi connectivity index (χ4n) is 3.14. The smallest absolute Gasteiger partial charge is 0.244 e. The van der Waals surface area contributed by atoms with Crippen LogP contribution in [0.2, 0.25) is 0 Å². The van der Waals surface area contributed by atoms with Crippen LogP contribution < -0.4 is 4.74 Å². The van der Waals surface area contributed by atoms with Crippen LogP contribution in [0.15, 0.2) is 58.4 Å². The van der Waals surface area contributed by atoms with Crippen LogP contribution >= 0.6 is 11.8 Å². The van der Waals surface area contributed by atoms with Crippen molar-refractivity contribution in [1.29, 1.82) is 0 Å². The number of nitrogens with zero attached hydrogens (tertiary/aromatic N) is 3. The number of amides is 1. The van der Waals surface area contributed by atoms with Gasteiger partial charge in [-0.05, 0) is 45.0 Å². The zero-order chi connectivity index (χ0) is 22.6. The van der Waals surface area contributed by atoms with Crippen molar-refractivity contribution in [3.8, 4) is 5.75 Å². The summed E-state index contributed by atoms with van der Waals surface area (Å²) in [4.78, 5) is 19.5. The van der Waals surface area contributed by atoms with Gasteiger partial charge in [-0.2, -0.15) is 4.31 Å². The van der Waals surface area contributed by atoms with E-state index >= 15 is 0 Å². The summed E-state index contributed by atoms with van der Waals surface area (Å²) in [7, 11) is -2.35. The number of likely N-dealkylation sites (N-methyl/N-ethyl adjacent to an activating group) is 1. The monoisotopic (exact) mass is 461 g/mol. The first kappa shape index (κ1) is 23.3. The number of aliphatic imine (C=N–C) groups is 1. The van der Waals surface area contributed by atoms with Crippen LogP contribution in [0.4, 0.5) is 5.69 Å². The number of carbonyl (C=O) groups excluding carboxylic acids is 1. The molecule has 1 aliphatic rings. The minimum atomic E-state index is -3.77. The van der Waals surface area contributed by atoms with Gasteiger partial charge in [-0.25, -0.2) is 13.4 Å². The van der Waals surface area contributed by atoms with E-state index in [1.807, 2.05) is 45.0 Å². The van der Waals surface area contributed by atoms with Gasteiger partial charge in [-0.1, -0.05) is 41.6 Å². The van der Waals surface area contributed by atoms with Crippen LogP contribution in [0.1, 0.15) is 19.4 Å². The van der Waals surface area contributed by atoms with E-state index in [-0.39, 0.29) is 23.4 Å². The highest BCUT2D eigenvalue weighted by molar-refractivity contribution is 8.14. The number of carbonyl (C=O) groups is 1. The predicted octanol–water partition coefficient (Wildman–Crippen LogP) is 3.67. The number of aryl methyl sites for hydroxylation is 1. The van der Waals surface area contributed by atoms with Crippen LogP contribution in [-0.2, 0) is 14.8 Å². The molecular weight excluding hydrogens is 434 g/mol. The number of para-hydroxylation sites is 2. The molecule has 1 fully saturated rings. The molecule has 31 heavy (non-hydrogen) atoms. The zero-order valence-corrected chi connectivity index (χ0v) is 19.7. The van der Waals surface area contributed by atoms with E-state index in [2.05, 4.69) is 4.99 Å². The lowest BCUT2D eigenvalue weighted by atomic mass is 10.2. The molecule has 0 N–H and O–H groups in total. The quantitative estimate of drug-likeness (QED) is 0.629. The maximum absolute atomic E-state index is 13.1. The number of amidine groups is 1. The van der Waals surface area contributed by atoms with Gasteiger partial charge in [0.15, 0.2) is 5.17 Å². The SMILES string of the molecule is CCOc1ccccc1N=C1SCC(C)N1C(=O)CN(C)S(=O)(=O)c1ccc(C)cc1. The summed E-state index contributed by atoms with van der Waals surface area (Å²) in [6.45, 7) is 5.95. The van der Waals surface area contributed by atoms with Gasteiger partial charge in [0.05, 0.1) is 18.0 Å². The Morgan fingerprint density at radius 3 is 2.58 bits per heavy atom. The first-order chi connectivity index (χ1) is 14.7. The first-order valence-corrected chi connectivity index (χ1v) is 12.4. The molecule has 7 nitrogen and oxygen atoms in total. The summed E-state index contributed by atoms with van der Waals surface area (Å²) in [5.74, 6) is 1.02. The third kappa shape index (κ3) is 5.28. The number of rotatable bonds is 7. The lowest BCUT2D eigenvalue weighted by Gasteiger charge is -2.24. The fourth-order valence-corrected chi connectivity index (χ4v) is 5.38. The molecule has 1 unspecified atom stereocenters. The van der Waals surface area contributed by atoms with Gasteiger partial charge in [0.1, 0.15) is 11.4 Å². The molecule has 0 saturated carbocycles. The van der Waals surface area contributed by atoms with E-state index in [0.717, 1.165) is 9.87 Å². The van der Waals surface area contributed by atoms with Gasteiger partial charge < -0.3 is 4.74 Å². The van der Waals surface area contributed by atoms with Crippen molar-refractivity contribution in [2.45, 2.75) is 31.7 Å². The molecule has 1 atom stereocenters. The molecule has 9 heteroatoms. The average molecular weight is 462 g/mol. The first-order valence-electron chi connectivity index (χ1n) is 10.0. The van der Waals surface area contributed by atoms with Crippen molar-refractivity contribution >= 4 is 38.5 Å². The van der Waals surface area contributed by atoms with E-state index in [9.17, 15) is 13.2 Å². The van der Waals surface area contributed by atoms with Gasteiger partial charge >= 0.3 is 0 Å². The summed E-state index contributed by atoms with van der Waals surface area (Å²) < 4.78 is 32.4. The van der Waals surface area contributed by atoms with Gasteiger partial charge in [0, 0.05) is 18.8 Å². The third-order valence-corrected chi connectivity index (χ3v) is 7.85. The molecule has 1 amide bonds. The molecule has 166 valence electrons. The van der Waals surface area contributed by atoms with Crippen LogP contribution in [-0.4, -0.2) is 60.7 Å². The minimum absolute atomic E-state index is 0.0917. The van der Waals surface area contributed by atoms with Crippen LogP contribution in [0.25, 0.3) is 0 Å². The largest absolute Gasteiger partial charge is 0.492 e. The van der Waals surface area contributed by atoms with Crippen LogP contribution in [0.3, 0.4) is 0 Å². The molecular formula is C22H27N3O4S2. The fraction of sp³-hybridized carbons (Fsp3) is 0.364. The van der Waals surface area contributed by atoms with E-state index in [4.69, 9.17) is 4.74 Å². The summed E-state index contributed by atoms with van der Waals surface area (Å²) in [5, 5.41) is 0.547. The highest BCUT2D eigenvalue weighted by Gasteiger charge is 2.34. The predicted molar refractivity (Wildman–Crippen MR) is 124 cm³/mol. The van der Waals surface area contributed by atoms with E-state index < -0.39 is 10.0 Å². The average Bonchev–Trinajstić information content (AvgIpc) is 3.10. The summed E-state index contributed by atoms with van der Waals surface area (Å²) in [6, 6.07) is 13.9. The summed E-state index contributed by atoms with van der Waals surface area (Å²) in [5.41, 5.74) is 1.60. The second-order valence-electron chi connectivity index (χ2n) is 7.29. The molecule has 0 bridgehead atoms. The Kier molecular flexibility index (Phi) is 7.40. The highest BCUT2D eigenvalue weighted by atomic mass is 32.2. The Bertz CT molecular complexity index is 1070. The highest BCUT2D eigenvalue weighted by Crippen LogP contribution is 2.32. The van der Waals surface area contributed by atoms with Crippen molar-refractivity contribution in [2.75, 3.05) is 26.0 Å². The van der Waals surface area contributed by atoms with E-state index in [1.54, 1.807) is 29.2 Å². The lowest BCUT2D eigenvalue weighted by Crippen LogP contribution is -2.44. The molecule has 0 aromatic heterocycles. The maximum Gasteiger partial charge on any atom is 0.244 e. The van der Waals surface area contributed by atoms with Crippen molar-refractivity contribution in [2.24, 2.45) is 4.99 Å². The zero-order valence-electron chi connectivity index (χ0n) is 18.1. The summed E-state index contributed by atoms with van der Waals surface area (Å²) in [6.07, 6.45) is 0. The molecule has 0 aliphatic carbocycles. The standard InChI is InChI=1S/C22H27N3O4S2/c1-5-29-20-9-7-6-8-19(20)23-22-25(17(3)15-30-22)21(26)14-24(4)31(27,28)18-12-10-16(2)11-13-18/h6-13,17H,5,14-15H2,1-4H3. The molecule has 1 heterocycles. The number of hydrogen-bond donors (Lipinski definition) is 0. The molecule has 2 aromatic rings. The normalized spacial score (nSPS) is 18.0. The van der Waals surface area contributed by atoms with Gasteiger partial charge in [0.2, 0.25) is 15.9 Å². The van der Waals surface area contributed by atoms with Gasteiger partial charge in [-0.15, -0.1) is 0 Å². The Balaban J connectivity index is 1.82. The summed E-state index contributed by atoms with van der Waals surface area (Å²) >= 11 is 1.47. The van der Waals surface area contributed by atoms with Crippen molar-refractivity contribution < 1.29 is 17.9 Å². The molecule has 3 rings (SSSR count). The maximum atomic E-state index is 13.1. The van der Waals surface area contributed by atoms with E-state index in [0.29, 0.717) is 29.0 Å². The Morgan fingerprint density at radius 2 is 1.90 bits per heavy atom. The van der Waals surface area contributed by atoms with Crippen molar-refractivity contribution in [1.82, 2.24) is 9.21 Å². The third-order valence-electron chi connectivity index (χ3n) is 4.84. The number of thioether (sulfide) groups is 1. The van der Waals surface area contributed by atoms with Crippen molar-refractivity contribution in [3.63, 3.8) is 0 Å². The van der Waals surface area contributed by atoms with Crippen LogP contribution in [0, 0.1) is 6.92 Å². The van der Waals surface area contributed by atoms with Crippen molar-refractivity contribution in [3.05, 3.63) is 54.1 Å². The Morgan fingerprint density at radius 1 is 1.23 bits per heavy atom. The minimum Gasteiger partial charge on any atom is -0.492 e. The number of ether oxygens (including phenoxy) is 1. The number of sulfonamides is 1. The molecule has 0 spiro atoms. The lowest BCUT2D eigenvalue weighted by molar-refractivity contribution is -0.128. The molecule has 0 radical (unpaired) electrons. The van der Waals surface area contributed by atoms with E-state index in [1.165, 1.54) is 18.8 Å². The molecule has 2 aromatic carbocycles. The van der Waals surface area contributed by atoms with Gasteiger partial charge in [-0.3, -0.25) is 9.69 Å². The topological polar surface area (TPSA) is 79.3 Å². The second kappa shape index (κ2) is 9.84.